The minimum absolute atomic E-state index is 0.194. The average Bonchev–Trinajstić information content (AvgIpc) is 2.73. The first-order chi connectivity index (χ1) is 13.3. The predicted octanol–water partition coefficient (Wildman–Crippen LogP) is 4.23. The van der Waals surface area contributed by atoms with Gasteiger partial charge >= 0.3 is 0 Å². The largest absolute Gasteiger partial charge is 0.289 e. The number of rotatable bonds is 2. The molecule has 0 spiro atoms. The standard InChI is InChI=1S/C24H16BBrN/c26-22-15-7-4-12-19(22)25-20-13-5-8-16-23(20)27(18-10-2-1-3-11-18)24-17-9-6-14-21(24)25/h2-17H/q+1. The van der Waals surface area contributed by atoms with E-state index in [0.29, 0.717) is 0 Å². The van der Waals surface area contributed by atoms with Crippen LogP contribution in [0.5, 0.6) is 0 Å². The van der Waals surface area contributed by atoms with Gasteiger partial charge in [-0.15, -0.1) is 0 Å². The first kappa shape index (κ1) is 16.3. The van der Waals surface area contributed by atoms with Gasteiger partial charge in [0.25, 0.3) is 0 Å². The van der Waals surface area contributed by atoms with E-state index in [1.165, 1.54) is 27.8 Å². The molecule has 5 rings (SSSR count). The predicted molar refractivity (Wildman–Crippen MR) is 119 cm³/mol. The van der Waals surface area contributed by atoms with Crippen LogP contribution < -0.4 is 21.3 Å². The Morgan fingerprint density at radius 3 is 1.93 bits per heavy atom. The molecule has 0 saturated carbocycles. The summed E-state index contributed by atoms with van der Waals surface area (Å²) >= 11 is 3.78. The molecule has 27 heavy (non-hydrogen) atoms. The maximum Gasteiger partial charge on any atom is 0.248 e. The van der Waals surface area contributed by atoms with Gasteiger partial charge in [0, 0.05) is 21.9 Å². The van der Waals surface area contributed by atoms with Crippen LogP contribution in [-0.4, -0.2) is 6.71 Å². The van der Waals surface area contributed by atoms with Gasteiger partial charge in [-0.1, -0.05) is 76.0 Å². The number of nitrogens with zero attached hydrogens (tertiary/aromatic N) is 1. The molecule has 0 fully saturated rings. The fourth-order valence-corrected chi connectivity index (χ4v) is 4.53. The molecule has 2 aliphatic rings. The van der Waals surface area contributed by atoms with Crippen molar-refractivity contribution in [2.24, 2.45) is 0 Å². The zero-order valence-electron chi connectivity index (χ0n) is 14.6. The molecule has 3 aromatic carbocycles. The van der Waals surface area contributed by atoms with Crippen LogP contribution in [0.2, 0.25) is 0 Å². The lowest BCUT2D eigenvalue weighted by Gasteiger charge is -2.36. The first-order valence-corrected chi connectivity index (χ1v) is 9.82. The SMILES string of the molecule is Brc1ccccc1B1c2ccccc2N(C2=CC=[C+]C=C2)c2ccccc21. The minimum Gasteiger partial charge on any atom is -0.289 e. The fraction of sp³-hybridized carbons (Fsp3) is 0. The Labute approximate surface area is 168 Å². The van der Waals surface area contributed by atoms with Gasteiger partial charge in [0.2, 0.25) is 6.71 Å². The van der Waals surface area contributed by atoms with E-state index in [-0.39, 0.29) is 6.71 Å². The minimum atomic E-state index is 0.194. The quantitative estimate of drug-likeness (QED) is 0.453. The molecule has 1 aliphatic heterocycles. The zero-order chi connectivity index (χ0) is 18.2. The molecular formula is C24H16BBrN+. The second kappa shape index (κ2) is 6.70. The van der Waals surface area contributed by atoms with Crippen molar-refractivity contribution in [3.05, 3.63) is 113 Å². The molecule has 0 saturated heterocycles. The Morgan fingerprint density at radius 2 is 1.33 bits per heavy atom. The Hall–Kier alpha value is -2.87. The van der Waals surface area contributed by atoms with Gasteiger partial charge in [-0.2, -0.15) is 0 Å². The molecule has 0 atom stereocenters. The third-order valence-corrected chi connectivity index (χ3v) is 5.87. The molecule has 0 radical (unpaired) electrons. The molecule has 1 aliphatic carbocycles. The van der Waals surface area contributed by atoms with E-state index >= 15 is 0 Å². The number of benzene rings is 3. The molecule has 126 valence electrons. The summed E-state index contributed by atoms with van der Waals surface area (Å²) in [4.78, 5) is 2.35. The third-order valence-electron chi connectivity index (χ3n) is 5.15. The van der Waals surface area contributed by atoms with E-state index in [1.807, 2.05) is 12.2 Å². The van der Waals surface area contributed by atoms with Gasteiger partial charge < -0.3 is 0 Å². The summed E-state index contributed by atoms with van der Waals surface area (Å²) in [5.74, 6) is 0. The van der Waals surface area contributed by atoms with E-state index in [2.05, 4.69) is 112 Å². The lowest BCUT2D eigenvalue weighted by Crippen LogP contribution is -2.58. The molecule has 0 bridgehead atoms. The number of anilines is 2. The summed E-state index contributed by atoms with van der Waals surface area (Å²) in [6, 6.07) is 26.0. The first-order valence-electron chi connectivity index (χ1n) is 9.03. The van der Waals surface area contributed by atoms with Gasteiger partial charge in [-0.05, 0) is 29.1 Å². The highest BCUT2D eigenvalue weighted by molar-refractivity contribution is 9.10. The summed E-state index contributed by atoms with van der Waals surface area (Å²) in [7, 11) is 0. The third kappa shape index (κ3) is 2.68. The van der Waals surface area contributed by atoms with Crippen LogP contribution in [0.1, 0.15) is 0 Å². The van der Waals surface area contributed by atoms with Crippen molar-refractivity contribution in [2.75, 3.05) is 4.90 Å². The highest BCUT2D eigenvalue weighted by Gasteiger charge is 2.36. The van der Waals surface area contributed by atoms with Crippen LogP contribution in [-0.2, 0) is 0 Å². The molecule has 1 nitrogen and oxygen atoms in total. The Kier molecular flexibility index (Phi) is 4.05. The molecule has 0 aromatic heterocycles. The van der Waals surface area contributed by atoms with E-state index in [4.69, 9.17) is 0 Å². The summed E-state index contributed by atoms with van der Waals surface area (Å²) in [5.41, 5.74) is 7.52. The van der Waals surface area contributed by atoms with Crippen molar-refractivity contribution in [1.82, 2.24) is 0 Å². The van der Waals surface area contributed by atoms with Crippen molar-refractivity contribution in [2.45, 2.75) is 0 Å². The summed E-state index contributed by atoms with van der Waals surface area (Å²) in [6.07, 6.45) is 11.3. The summed E-state index contributed by atoms with van der Waals surface area (Å²) in [5, 5.41) is 0. The van der Waals surface area contributed by atoms with E-state index in [0.717, 1.165) is 10.2 Å². The highest BCUT2D eigenvalue weighted by atomic mass is 79.9. The molecule has 3 aromatic rings. The maximum absolute atomic E-state index is 3.78. The molecular weight excluding hydrogens is 393 g/mol. The van der Waals surface area contributed by atoms with Crippen LogP contribution in [0.4, 0.5) is 11.4 Å². The van der Waals surface area contributed by atoms with Gasteiger partial charge in [0.1, 0.15) is 12.2 Å². The maximum atomic E-state index is 3.78. The number of hydrogen-bond acceptors (Lipinski definition) is 1. The topological polar surface area (TPSA) is 3.24 Å². The van der Waals surface area contributed by atoms with E-state index < -0.39 is 0 Å². The van der Waals surface area contributed by atoms with Crippen molar-refractivity contribution in [1.29, 1.82) is 0 Å². The second-order valence-corrected chi connectivity index (χ2v) is 7.52. The van der Waals surface area contributed by atoms with Gasteiger partial charge in [-0.3, -0.25) is 4.90 Å². The van der Waals surface area contributed by atoms with Crippen molar-refractivity contribution in [3.8, 4) is 0 Å². The zero-order valence-corrected chi connectivity index (χ0v) is 16.2. The van der Waals surface area contributed by atoms with Gasteiger partial charge in [0.05, 0.1) is 12.2 Å². The molecule has 0 N–H and O–H groups in total. The normalized spacial score (nSPS) is 14.3. The lowest BCUT2D eigenvalue weighted by atomic mass is 9.35. The van der Waals surface area contributed by atoms with Crippen molar-refractivity contribution < 1.29 is 0 Å². The van der Waals surface area contributed by atoms with Crippen LogP contribution >= 0.6 is 15.9 Å². The molecule has 1 heterocycles. The lowest BCUT2D eigenvalue weighted by molar-refractivity contribution is 1.21. The summed E-state index contributed by atoms with van der Waals surface area (Å²) in [6.45, 7) is 0.194. The smallest absolute Gasteiger partial charge is 0.248 e. The van der Waals surface area contributed by atoms with Crippen LogP contribution in [0.25, 0.3) is 0 Å². The monoisotopic (exact) mass is 408 g/mol. The van der Waals surface area contributed by atoms with Crippen LogP contribution in [0, 0.1) is 6.08 Å². The second-order valence-electron chi connectivity index (χ2n) is 6.67. The Balaban J connectivity index is 1.80. The van der Waals surface area contributed by atoms with Gasteiger partial charge in [0.15, 0.2) is 5.70 Å². The Morgan fingerprint density at radius 1 is 0.741 bits per heavy atom. The number of para-hydroxylation sites is 2. The average molecular weight is 409 g/mol. The van der Waals surface area contributed by atoms with E-state index in [9.17, 15) is 0 Å². The number of allylic oxidation sites excluding steroid dienone is 5. The molecule has 0 unspecified atom stereocenters. The van der Waals surface area contributed by atoms with Gasteiger partial charge in [-0.25, -0.2) is 0 Å². The van der Waals surface area contributed by atoms with Crippen LogP contribution in [0.15, 0.2) is 107 Å². The summed E-state index contributed by atoms with van der Waals surface area (Å²) < 4.78 is 1.14. The number of halogens is 1. The number of fused-ring (bicyclic) bond motifs is 2. The highest BCUT2D eigenvalue weighted by Crippen LogP contribution is 2.33. The van der Waals surface area contributed by atoms with Crippen molar-refractivity contribution in [3.63, 3.8) is 0 Å². The van der Waals surface area contributed by atoms with E-state index in [1.54, 1.807) is 0 Å². The number of hydrogen-bond donors (Lipinski definition) is 0. The molecule has 3 heteroatoms. The fourth-order valence-electron chi connectivity index (χ4n) is 4.02. The molecule has 0 amide bonds. The Bertz CT molecular complexity index is 1070. The van der Waals surface area contributed by atoms with Crippen LogP contribution in [0.3, 0.4) is 0 Å². The van der Waals surface area contributed by atoms with Crippen molar-refractivity contribution >= 4 is 50.4 Å².